The van der Waals surface area contributed by atoms with Crippen LogP contribution < -0.4 is 16.0 Å². The molecule has 0 fully saturated rings. The Bertz CT molecular complexity index is 665. The normalized spacial score (nSPS) is 12.4. The van der Waals surface area contributed by atoms with Crippen LogP contribution in [0.25, 0.3) is 0 Å². The fourth-order valence-corrected chi connectivity index (χ4v) is 2.25. The van der Waals surface area contributed by atoms with Gasteiger partial charge in [-0.3, -0.25) is 9.59 Å². The van der Waals surface area contributed by atoms with Gasteiger partial charge in [0.25, 0.3) is 0 Å². The van der Waals surface area contributed by atoms with Crippen molar-refractivity contribution in [2.24, 2.45) is 0 Å². The summed E-state index contributed by atoms with van der Waals surface area (Å²) in [5.41, 5.74) is 0.809. The first kappa shape index (κ1) is 22.9. The summed E-state index contributed by atoms with van der Waals surface area (Å²) in [4.78, 5) is 46.7. The molecule has 0 spiro atoms. The van der Waals surface area contributed by atoms with Crippen LogP contribution in [0.1, 0.15) is 38.7 Å². The molecule has 1 rings (SSSR count). The van der Waals surface area contributed by atoms with Crippen molar-refractivity contribution in [3.8, 4) is 0 Å². The SMILES string of the molecule is CCCCC(NC(=O)C(C)NC(=O)CNC(=O)OCc1ccccc1)C(=O)O. The summed E-state index contributed by atoms with van der Waals surface area (Å²) >= 11 is 0. The number of nitrogens with one attached hydrogen (secondary N) is 3. The second-order valence-electron chi connectivity index (χ2n) is 6.25. The molecular formula is C19H27N3O6. The number of hydrogen-bond donors (Lipinski definition) is 4. The minimum Gasteiger partial charge on any atom is -0.480 e. The van der Waals surface area contributed by atoms with Crippen molar-refractivity contribution in [2.45, 2.75) is 51.8 Å². The summed E-state index contributed by atoms with van der Waals surface area (Å²) in [5, 5.41) is 16.2. The van der Waals surface area contributed by atoms with Crippen LogP contribution in [0, 0.1) is 0 Å². The van der Waals surface area contributed by atoms with E-state index < -0.39 is 36.0 Å². The molecule has 4 N–H and O–H groups in total. The molecule has 0 saturated carbocycles. The standard InChI is InChI=1S/C19H27N3O6/c1-3-4-10-15(18(25)26)22-17(24)13(2)21-16(23)11-20-19(27)28-12-14-8-6-5-7-9-14/h5-9,13,15H,3-4,10-12H2,1-2H3,(H,20,27)(H,21,23)(H,22,24)(H,25,26). The lowest BCUT2D eigenvalue weighted by atomic mass is 10.1. The van der Waals surface area contributed by atoms with Crippen molar-refractivity contribution < 1.29 is 29.0 Å². The van der Waals surface area contributed by atoms with Crippen LogP contribution in [-0.4, -0.2) is 47.6 Å². The van der Waals surface area contributed by atoms with Crippen LogP contribution in [-0.2, 0) is 25.7 Å². The highest BCUT2D eigenvalue weighted by molar-refractivity contribution is 5.91. The van der Waals surface area contributed by atoms with E-state index in [4.69, 9.17) is 9.84 Å². The number of carboxylic acids is 1. The summed E-state index contributed by atoms with van der Waals surface area (Å²) in [5.74, 6) is -2.33. The molecule has 9 nitrogen and oxygen atoms in total. The molecule has 0 aliphatic rings. The van der Waals surface area contributed by atoms with Crippen LogP contribution in [0.4, 0.5) is 4.79 Å². The van der Waals surface area contributed by atoms with Gasteiger partial charge in [-0.2, -0.15) is 0 Å². The maximum atomic E-state index is 12.1. The van der Waals surface area contributed by atoms with Gasteiger partial charge in [0.1, 0.15) is 25.2 Å². The molecule has 0 radical (unpaired) electrons. The summed E-state index contributed by atoms with van der Waals surface area (Å²) in [7, 11) is 0. The molecular weight excluding hydrogens is 366 g/mol. The number of hydrogen-bond acceptors (Lipinski definition) is 5. The number of carbonyl (C=O) groups excluding carboxylic acids is 3. The van der Waals surface area contributed by atoms with Crippen LogP contribution >= 0.6 is 0 Å². The molecule has 154 valence electrons. The van der Waals surface area contributed by atoms with Gasteiger partial charge in [0.15, 0.2) is 0 Å². The molecule has 0 aromatic heterocycles. The summed E-state index contributed by atoms with van der Waals surface area (Å²) in [6.07, 6.45) is 1.01. The van der Waals surface area contributed by atoms with Crippen molar-refractivity contribution in [1.82, 2.24) is 16.0 Å². The summed E-state index contributed by atoms with van der Waals surface area (Å²) in [6.45, 7) is 3.05. The zero-order valence-corrected chi connectivity index (χ0v) is 16.1. The number of carbonyl (C=O) groups is 4. The Morgan fingerprint density at radius 1 is 1.11 bits per heavy atom. The zero-order valence-electron chi connectivity index (χ0n) is 16.1. The number of aliphatic carboxylic acids is 1. The Labute approximate surface area is 163 Å². The van der Waals surface area contributed by atoms with E-state index >= 15 is 0 Å². The predicted octanol–water partition coefficient (Wildman–Crippen LogP) is 1.18. The van der Waals surface area contributed by atoms with Crippen molar-refractivity contribution in [3.05, 3.63) is 35.9 Å². The highest BCUT2D eigenvalue weighted by atomic mass is 16.5. The zero-order chi connectivity index (χ0) is 20.9. The molecule has 0 heterocycles. The second kappa shape index (κ2) is 12.3. The molecule has 3 amide bonds. The lowest BCUT2D eigenvalue weighted by molar-refractivity contribution is -0.142. The minimum absolute atomic E-state index is 0.0709. The smallest absolute Gasteiger partial charge is 0.407 e. The Hall–Kier alpha value is -3.10. The molecule has 9 heteroatoms. The predicted molar refractivity (Wildman–Crippen MR) is 101 cm³/mol. The van der Waals surface area contributed by atoms with Gasteiger partial charge in [0.2, 0.25) is 11.8 Å². The van der Waals surface area contributed by atoms with Crippen molar-refractivity contribution in [1.29, 1.82) is 0 Å². The number of benzene rings is 1. The van der Waals surface area contributed by atoms with Crippen molar-refractivity contribution >= 4 is 23.9 Å². The Kier molecular flexibility index (Phi) is 10.1. The molecule has 0 bridgehead atoms. The quantitative estimate of drug-likeness (QED) is 0.446. The molecule has 2 unspecified atom stereocenters. The molecule has 0 saturated heterocycles. The Balaban J connectivity index is 2.33. The van der Waals surface area contributed by atoms with E-state index in [1.807, 2.05) is 25.1 Å². The van der Waals surface area contributed by atoms with Crippen LogP contribution in [0.3, 0.4) is 0 Å². The molecule has 28 heavy (non-hydrogen) atoms. The number of rotatable bonds is 11. The summed E-state index contributed by atoms with van der Waals surface area (Å²) in [6, 6.07) is 7.11. The maximum Gasteiger partial charge on any atom is 0.407 e. The van der Waals surface area contributed by atoms with Crippen LogP contribution in [0.15, 0.2) is 30.3 Å². The van der Waals surface area contributed by atoms with E-state index in [-0.39, 0.29) is 13.2 Å². The topological polar surface area (TPSA) is 134 Å². The van der Waals surface area contributed by atoms with E-state index in [0.717, 1.165) is 12.0 Å². The van der Waals surface area contributed by atoms with Crippen LogP contribution in [0.5, 0.6) is 0 Å². The third-order valence-electron chi connectivity index (χ3n) is 3.84. The van der Waals surface area contributed by atoms with E-state index in [1.165, 1.54) is 6.92 Å². The van der Waals surface area contributed by atoms with Gasteiger partial charge in [-0.05, 0) is 18.9 Å². The minimum atomic E-state index is -1.12. The number of amides is 3. The van der Waals surface area contributed by atoms with Crippen molar-refractivity contribution in [3.63, 3.8) is 0 Å². The largest absolute Gasteiger partial charge is 0.480 e. The average molecular weight is 393 g/mol. The lowest BCUT2D eigenvalue weighted by Crippen LogP contribution is -2.51. The fourth-order valence-electron chi connectivity index (χ4n) is 2.25. The monoisotopic (exact) mass is 393 g/mol. The highest BCUT2D eigenvalue weighted by Crippen LogP contribution is 2.02. The van der Waals surface area contributed by atoms with Gasteiger partial charge in [0.05, 0.1) is 0 Å². The van der Waals surface area contributed by atoms with E-state index in [0.29, 0.717) is 12.8 Å². The van der Waals surface area contributed by atoms with Gasteiger partial charge in [0, 0.05) is 0 Å². The molecule has 0 aliphatic carbocycles. The first-order valence-electron chi connectivity index (χ1n) is 9.10. The van der Waals surface area contributed by atoms with E-state index in [2.05, 4.69) is 16.0 Å². The highest BCUT2D eigenvalue weighted by Gasteiger charge is 2.23. The lowest BCUT2D eigenvalue weighted by Gasteiger charge is -2.18. The first-order valence-corrected chi connectivity index (χ1v) is 9.10. The molecule has 1 aromatic carbocycles. The van der Waals surface area contributed by atoms with E-state index in [1.54, 1.807) is 12.1 Å². The molecule has 0 aliphatic heterocycles. The second-order valence-corrected chi connectivity index (χ2v) is 6.25. The Morgan fingerprint density at radius 3 is 2.39 bits per heavy atom. The number of ether oxygens (including phenoxy) is 1. The van der Waals surface area contributed by atoms with Gasteiger partial charge < -0.3 is 25.8 Å². The number of carboxylic acid groups (broad SMARTS) is 1. The number of unbranched alkanes of at least 4 members (excludes halogenated alkanes) is 1. The Morgan fingerprint density at radius 2 is 1.79 bits per heavy atom. The fraction of sp³-hybridized carbons (Fsp3) is 0.474. The van der Waals surface area contributed by atoms with Crippen LogP contribution in [0.2, 0.25) is 0 Å². The molecule has 1 aromatic rings. The average Bonchev–Trinajstić information content (AvgIpc) is 2.68. The van der Waals surface area contributed by atoms with Gasteiger partial charge >= 0.3 is 12.1 Å². The van der Waals surface area contributed by atoms with Crippen molar-refractivity contribution in [2.75, 3.05) is 6.54 Å². The first-order chi connectivity index (χ1) is 13.3. The third-order valence-corrected chi connectivity index (χ3v) is 3.84. The van der Waals surface area contributed by atoms with Gasteiger partial charge in [-0.1, -0.05) is 50.1 Å². The third kappa shape index (κ3) is 9.02. The van der Waals surface area contributed by atoms with E-state index in [9.17, 15) is 19.2 Å². The van der Waals surface area contributed by atoms with Gasteiger partial charge in [-0.15, -0.1) is 0 Å². The number of alkyl carbamates (subject to hydrolysis) is 1. The summed E-state index contributed by atoms with van der Waals surface area (Å²) < 4.78 is 4.97. The molecule has 2 atom stereocenters. The van der Waals surface area contributed by atoms with Gasteiger partial charge in [-0.25, -0.2) is 9.59 Å². The maximum absolute atomic E-state index is 12.1.